The zero-order valence-corrected chi connectivity index (χ0v) is 18.7. The molecule has 0 atom stereocenters. The molecule has 1 fully saturated rings. The Hall–Kier alpha value is -2.73. The first-order chi connectivity index (χ1) is 15.4. The number of nitrogens with one attached hydrogen (secondary N) is 1. The molecular weight excluding hydrogens is 430 g/mol. The van der Waals surface area contributed by atoms with Gasteiger partial charge in [0, 0.05) is 11.3 Å². The van der Waals surface area contributed by atoms with E-state index >= 15 is 0 Å². The molecule has 6 nitrogen and oxygen atoms in total. The number of anilines is 1. The number of hydrogen-bond donors (Lipinski definition) is 3. The largest absolute Gasteiger partial charge is 0.508 e. The number of aromatic hydroxyl groups is 1. The number of benzene rings is 2. The standard InChI is InChI=1S/C25H28ClNO5/c26-20-14-21(27-24(29)25(30)31)18-7-4-8-19(18)23(20)32-17-11-12-22(28)16(13-17)10-9-15-5-2-1-3-6-15/h11-15,28H,1-10H2,(H,27,29)(H,30,31). The van der Waals surface area contributed by atoms with Crippen LogP contribution in [0.3, 0.4) is 0 Å². The van der Waals surface area contributed by atoms with E-state index in [0.29, 0.717) is 28.6 Å². The van der Waals surface area contributed by atoms with Crippen LogP contribution in [0, 0.1) is 5.92 Å². The minimum atomic E-state index is -1.54. The van der Waals surface area contributed by atoms with Gasteiger partial charge in [0.2, 0.25) is 0 Å². The van der Waals surface area contributed by atoms with Crippen LogP contribution in [0.2, 0.25) is 5.02 Å². The third kappa shape index (κ3) is 5.01. The topological polar surface area (TPSA) is 95.9 Å². The molecule has 1 amide bonds. The van der Waals surface area contributed by atoms with Gasteiger partial charge in [0.1, 0.15) is 17.2 Å². The third-order valence-electron chi connectivity index (χ3n) is 6.56. The molecule has 2 aromatic carbocycles. The summed E-state index contributed by atoms with van der Waals surface area (Å²) >= 11 is 6.49. The highest BCUT2D eigenvalue weighted by atomic mass is 35.5. The molecule has 1 saturated carbocycles. The molecular formula is C25H28ClNO5. The molecule has 2 aliphatic carbocycles. The van der Waals surface area contributed by atoms with Gasteiger partial charge in [0.15, 0.2) is 0 Å². The average Bonchev–Trinajstić information content (AvgIpc) is 3.27. The van der Waals surface area contributed by atoms with Crippen LogP contribution in [0.15, 0.2) is 24.3 Å². The quantitative estimate of drug-likeness (QED) is 0.472. The van der Waals surface area contributed by atoms with Gasteiger partial charge in [-0.05, 0) is 73.4 Å². The summed E-state index contributed by atoms with van der Waals surface area (Å²) in [4.78, 5) is 22.6. The molecule has 0 spiro atoms. The lowest BCUT2D eigenvalue weighted by Crippen LogP contribution is -2.22. The number of hydrogen-bond acceptors (Lipinski definition) is 4. The first-order valence-electron chi connectivity index (χ1n) is 11.3. The van der Waals surface area contributed by atoms with Crippen molar-refractivity contribution in [3.05, 3.63) is 46.0 Å². The van der Waals surface area contributed by atoms with Crippen LogP contribution < -0.4 is 10.1 Å². The van der Waals surface area contributed by atoms with E-state index in [9.17, 15) is 14.7 Å². The summed E-state index contributed by atoms with van der Waals surface area (Å²) in [6.07, 6.45) is 10.6. The average molecular weight is 458 g/mol. The van der Waals surface area contributed by atoms with Crippen LogP contribution >= 0.6 is 11.6 Å². The molecule has 4 rings (SSSR count). The molecule has 2 aliphatic rings. The lowest BCUT2D eigenvalue weighted by molar-refractivity contribution is -0.147. The number of fused-ring (bicyclic) bond motifs is 1. The summed E-state index contributed by atoms with van der Waals surface area (Å²) < 4.78 is 6.17. The number of amides is 1. The molecule has 32 heavy (non-hydrogen) atoms. The Labute approximate surface area is 192 Å². The van der Waals surface area contributed by atoms with Gasteiger partial charge in [-0.1, -0.05) is 43.7 Å². The van der Waals surface area contributed by atoms with E-state index in [0.717, 1.165) is 48.3 Å². The Bertz CT molecular complexity index is 1030. The molecule has 3 N–H and O–H groups in total. The molecule has 7 heteroatoms. The second-order valence-corrected chi connectivity index (χ2v) is 9.15. The summed E-state index contributed by atoms with van der Waals surface area (Å²) in [5.74, 6) is -0.519. The van der Waals surface area contributed by atoms with Crippen LogP contribution in [0.1, 0.15) is 61.6 Å². The smallest absolute Gasteiger partial charge is 0.394 e. The molecule has 0 radical (unpaired) electrons. The van der Waals surface area contributed by atoms with Gasteiger partial charge in [-0.25, -0.2) is 4.79 Å². The van der Waals surface area contributed by atoms with Gasteiger partial charge in [-0.3, -0.25) is 4.79 Å². The summed E-state index contributed by atoms with van der Waals surface area (Å²) in [6, 6.07) is 6.79. The van der Waals surface area contributed by atoms with Gasteiger partial charge < -0.3 is 20.3 Å². The molecule has 0 heterocycles. The van der Waals surface area contributed by atoms with Crippen molar-refractivity contribution >= 4 is 29.2 Å². The monoisotopic (exact) mass is 457 g/mol. The second kappa shape index (κ2) is 9.82. The summed E-state index contributed by atoms with van der Waals surface area (Å²) in [5.41, 5.74) is 3.03. The molecule has 0 bridgehead atoms. The van der Waals surface area contributed by atoms with Gasteiger partial charge in [0.25, 0.3) is 0 Å². The lowest BCUT2D eigenvalue weighted by Gasteiger charge is -2.21. The highest BCUT2D eigenvalue weighted by molar-refractivity contribution is 6.37. The molecule has 170 valence electrons. The van der Waals surface area contributed by atoms with Crippen LogP contribution in [0.4, 0.5) is 5.69 Å². The van der Waals surface area contributed by atoms with E-state index in [4.69, 9.17) is 21.4 Å². The maximum absolute atomic E-state index is 11.6. The summed E-state index contributed by atoms with van der Waals surface area (Å²) in [6.45, 7) is 0. The second-order valence-electron chi connectivity index (χ2n) is 8.74. The number of ether oxygens (including phenoxy) is 1. The van der Waals surface area contributed by atoms with Gasteiger partial charge in [-0.2, -0.15) is 0 Å². The van der Waals surface area contributed by atoms with Crippen LogP contribution in [0.25, 0.3) is 0 Å². The van der Waals surface area contributed by atoms with Crippen molar-refractivity contribution in [1.29, 1.82) is 0 Å². The van der Waals surface area contributed by atoms with E-state index in [2.05, 4.69) is 5.32 Å². The van der Waals surface area contributed by atoms with Gasteiger partial charge >= 0.3 is 11.9 Å². The van der Waals surface area contributed by atoms with Gasteiger partial charge in [-0.15, -0.1) is 0 Å². The van der Waals surface area contributed by atoms with Crippen LogP contribution in [0.5, 0.6) is 17.2 Å². The predicted molar refractivity (Wildman–Crippen MR) is 123 cm³/mol. The molecule has 0 unspecified atom stereocenters. The Morgan fingerprint density at radius 3 is 2.56 bits per heavy atom. The first-order valence-corrected chi connectivity index (χ1v) is 11.7. The number of phenolic OH excluding ortho intramolecular Hbond substituents is 1. The number of halogens is 1. The fraction of sp³-hybridized carbons (Fsp3) is 0.440. The number of carbonyl (C=O) groups excluding carboxylic acids is 1. The normalized spacial score (nSPS) is 15.9. The van der Waals surface area contributed by atoms with Crippen molar-refractivity contribution in [3.63, 3.8) is 0 Å². The Kier molecular flexibility index (Phi) is 6.89. The highest BCUT2D eigenvalue weighted by Crippen LogP contribution is 2.43. The van der Waals surface area contributed by atoms with Crippen molar-refractivity contribution in [2.45, 2.75) is 64.2 Å². The van der Waals surface area contributed by atoms with E-state index in [1.54, 1.807) is 18.2 Å². The number of carbonyl (C=O) groups is 2. The fourth-order valence-corrected chi connectivity index (χ4v) is 5.15. The highest BCUT2D eigenvalue weighted by Gasteiger charge is 2.25. The zero-order valence-electron chi connectivity index (χ0n) is 18.0. The van der Waals surface area contributed by atoms with E-state index in [-0.39, 0.29) is 5.75 Å². The molecule has 0 aliphatic heterocycles. The summed E-state index contributed by atoms with van der Waals surface area (Å²) in [7, 11) is 0. The van der Waals surface area contributed by atoms with Gasteiger partial charge in [0.05, 0.1) is 5.02 Å². The van der Waals surface area contributed by atoms with Crippen molar-refractivity contribution in [2.24, 2.45) is 5.92 Å². The first kappa shape index (κ1) is 22.5. The third-order valence-corrected chi connectivity index (χ3v) is 6.85. The predicted octanol–water partition coefficient (Wildman–Crippen LogP) is 5.86. The maximum Gasteiger partial charge on any atom is 0.394 e. The van der Waals surface area contributed by atoms with Crippen molar-refractivity contribution in [1.82, 2.24) is 0 Å². The number of rotatable bonds is 6. The maximum atomic E-state index is 11.6. The fourth-order valence-electron chi connectivity index (χ4n) is 4.89. The van der Waals surface area contributed by atoms with Crippen LogP contribution in [-0.2, 0) is 28.9 Å². The van der Waals surface area contributed by atoms with Crippen molar-refractivity contribution in [3.8, 4) is 17.2 Å². The SMILES string of the molecule is O=C(O)C(=O)Nc1cc(Cl)c(Oc2ccc(O)c(CCC3CCCCC3)c2)c2c1CCC2. The van der Waals surface area contributed by atoms with E-state index in [1.165, 1.54) is 32.1 Å². The van der Waals surface area contributed by atoms with Crippen molar-refractivity contribution in [2.75, 3.05) is 5.32 Å². The number of phenols is 1. The number of carboxylic acids is 1. The Balaban J connectivity index is 1.54. The molecule has 2 aromatic rings. The lowest BCUT2D eigenvalue weighted by atomic mass is 9.85. The molecule has 0 saturated heterocycles. The van der Waals surface area contributed by atoms with E-state index < -0.39 is 11.9 Å². The number of aliphatic carboxylic acids is 1. The minimum absolute atomic E-state index is 0.274. The molecule has 0 aromatic heterocycles. The Morgan fingerprint density at radius 2 is 1.81 bits per heavy atom. The number of carboxylic acid groups (broad SMARTS) is 1. The number of aryl methyl sites for hydroxylation is 1. The zero-order chi connectivity index (χ0) is 22.7. The van der Waals surface area contributed by atoms with Crippen LogP contribution in [-0.4, -0.2) is 22.1 Å². The van der Waals surface area contributed by atoms with E-state index in [1.807, 2.05) is 6.07 Å². The van der Waals surface area contributed by atoms with Crippen molar-refractivity contribution < 1.29 is 24.5 Å². The summed E-state index contributed by atoms with van der Waals surface area (Å²) in [5, 5.41) is 22.0. The minimum Gasteiger partial charge on any atom is -0.508 e. The Morgan fingerprint density at radius 1 is 1.06 bits per heavy atom.